The normalized spacial score (nSPS) is 11.9. The number of sulfone groups is 1. The molecule has 36 heavy (non-hydrogen) atoms. The molecule has 0 fully saturated rings. The minimum Gasteiger partial charge on any atom is -0.390 e. The maximum Gasteiger partial charge on any atom is 0.437 e. The van der Waals surface area contributed by atoms with E-state index in [-0.39, 0.29) is 46.9 Å². The molecule has 0 atom stereocenters. The van der Waals surface area contributed by atoms with Crippen LogP contribution in [-0.4, -0.2) is 52.0 Å². The van der Waals surface area contributed by atoms with Gasteiger partial charge in [-0.25, -0.2) is 28.0 Å². The van der Waals surface area contributed by atoms with Gasteiger partial charge in [-0.2, -0.15) is 9.67 Å². The van der Waals surface area contributed by atoms with Crippen LogP contribution in [0, 0.1) is 0 Å². The average molecular weight is 515 g/mol. The van der Waals surface area contributed by atoms with Gasteiger partial charge in [-0.3, -0.25) is 13.9 Å². The molecular formula is C19H17N9O7S. The fourth-order valence-corrected chi connectivity index (χ4v) is 4.60. The number of imidazole rings is 1. The van der Waals surface area contributed by atoms with Gasteiger partial charge in [-0.05, 0) is 12.1 Å². The smallest absolute Gasteiger partial charge is 0.390 e. The highest BCUT2D eigenvalue weighted by molar-refractivity contribution is 7.90. The highest BCUT2D eigenvalue weighted by Gasteiger charge is 2.22. The Balaban J connectivity index is 1.36. The van der Waals surface area contributed by atoms with Crippen LogP contribution in [0.3, 0.4) is 0 Å². The van der Waals surface area contributed by atoms with E-state index in [0.717, 1.165) is 9.25 Å². The maximum atomic E-state index is 12.6. The van der Waals surface area contributed by atoms with E-state index in [1.54, 1.807) is 12.1 Å². The Labute approximate surface area is 200 Å². The van der Waals surface area contributed by atoms with Crippen molar-refractivity contribution >= 4 is 21.0 Å². The van der Waals surface area contributed by atoms with Gasteiger partial charge in [0.2, 0.25) is 21.6 Å². The van der Waals surface area contributed by atoms with Gasteiger partial charge >= 0.3 is 11.4 Å². The third-order valence-electron chi connectivity index (χ3n) is 5.24. The van der Waals surface area contributed by atoms with E-state index >= 15 is 0 Å². The second kappa shape index (κ2) is 8.52. The van der Waals surface area contributed by atoms with Crippen LogP contribution in [0.2, 0.25) is 0 Å². The SMILES string of the molecule is Cn1c(=O)c2c(ncn2Cc2nn(Cc3nc(CS(=O)(=O)c4ccccn4)no3)c(=O)o2)n(C)c1=O. The Morgan fingerprint density at radius 1 is 1.00 bits per heavy atom. The van der Waals surface area contributed by atoms with Crippen molar-refractivity contribution in [3.63, 3.8) is 0 Å². The van der Waals surface area contributed by atoms with E-state index in [9.17, 15) is 22.8 Å². The van der Waals surface area contributed by atoms with E-state index in [0.29, 0.717) is 0 Å². The van der Waals surface area contributed by atoms with E-state index in [4.69, 9.17) is 8.94 Å². The number of fused-ring (bicyclic) bond motifs is 1. The maximum absolute atomic E-state index is 12.6. The molecular weight excluding hydrogens is 498 g/mol. The monoisotopic (exact) mass is 515 g/mol. The fourth-order valence-electron chi connectivity index (χ4n) is 3.49. The number of hydrogen-bond acceptors (Lipinski definition) is 12. The summed E-state index contributed by atoms with van der Waals surface area (Å²) in [5.41, 5.74) is -0.789. The molecule has 16 nitrogen and oxygen atoms in total. The van der Waals surface area contributed by atoms with Crippen LogP contribution in [0.25, 0.3) is 11.2 Å². The topological polar surface area (TPSA) is 196 Å². The molecule has 0 aliphatic carbocycles. The quantitative estimate of drug-likeness (QED) is 0.242. The van der Waals surface area contributed by atoms with Crippen LogP contribution in [0.15, 0.2) is 59.1 Å². The lowest BCUT2D eigenvalue weighted by Gasteiger charge is -2.04. The van der Waals surface area contributed by atoms with Crippen molar-refractivity contribution in [2.45, 2.75) is 23.9 Å². The molecule has 0 radical (unpaired) electrons. The highest BCUT2D eigenvalue weighted by Crippen LogP contribution is 2.12. The second-order valence-corrected chi connectivity index (χ2v) is 9.64. The third kappa shape index (κ3) is 4.04. The molecule has 0 aliphatic heterocycles. The lowest BCUT2D eigenvalue weighted by molar-refractivity contribution is 0.356. The minimum absolute atomic E-state index is 0.0484. The summed E-state index contributed by atoms with van der Waals surface area (Å²) in [4.78, 5) is 48.9. The molecule has 0 aromatic carbocycles. The van der Waals surface area contributed by atoms with Gasteiger partial charge in [0.05, 0.1) is 6.33 Å². The van der Waals surface area contributed by atoms with Crippen LogP contribution >= 0.6 is 0 Å². The van der Waals surface area contributed by atoms with Gasteiger partial charge in [-0.1, -0.05) is 11.2 Å². The first-order valence-electron chi connectivity index (χ1n) is 10.3. The van der Waals surface area contributed by atoms with E-state index < -0.39 is 32.6 Å². The first-order valence-corrected chi connectivity index (χ1v) is 11.9. The molecule has 0 saturated carbocycles. The van der Waals surface area contributed by atoms with Gasteiger partial charge in [0.1, 0.15) is 18.8 Å². The Bertz CT molecular complexity index is 1870. The molecule has 0 saturated heterocycles. The van der Waals surface area contributed by atoms with Crippen molar-refractivity contribution in [3.8, 4) is 0 Å². The van der Waals surface area contributed by atoms with Crippen molar-refractivity contribution < 1.29 is 17.4 Å². The van der Waals surface area contributed by atoms with Crippen molar-refractivity contribution in [1.82, 2.24) is 43.6 Å². The molecule has 17 heteroatoms. The van der Waals surface area contributed by atoms with Crippen LogP contribution < -0.4 is 17.0 Å². The molecule has 5 aromatic rings. The number of pyridine rings is 1. The first kappa shape index (κ1) is 23.1. The van der Waals surface area contributed by atoms with Crippen LogP contribution in [-0.2, 0) is 42.8 Å². The van der Waals surface area contributed by atoms with Crippen molar-refractivity contribution in [1.29, 1.82) is 0 Å². The van der Waals surface area contributed by atoms with Crippen LogP contribution in [0.1, 0.15) is 17.6 Å². The van der Waals surface area contributed by atoms with E-state index in [1.165, 1.54) is 41.8 Å². The molecule has 0 unspecified atom stereocenters. The summed E-state index contributed by atoms with van der Waals surface area (Å²) in [6, 6.07) is 4.49. The summed E-state index contributed by atoms with van der Waals surface area (Å²) in [7, 11) is -0.966. The van der Waals surface area contributed by atoms with Crippen LogP contribution in [0.5, 0.6) is 0 Å². The zero-order valence-electron chi connectivity index (χ0n) is 18.8. The van der Waals surface area contributed by atoms with Crippen molar-refractivity contribution in [2.75, 3.05) is 0 Å². The molecule has 5 heterocycles. The zero-order chi connectivity index (χ0) is 25.6. The Morgan fingerprint density at radius 3 is 2.56 bits per heavy atom. The summed E-state index contributed by atoms with van der Waals surface area (Å²) in [5, 5.41) is 7.58. The fraction of sp³-hybridized carbons (Fsp3) is 0.263. The minimum atomic E-state index is -3.79. The van der Waals surface area contributed by atoms with Crippen molar-refractivity contribution in [2.24, 2.45) is 14.1 Å². The summed E-state index contributed by atoms with van der Waals surface area (Å²) < 4.78 is 39.6. The van der Waals surface area contributed by atoms with Crippen molar-refractivity contribution in [3.05, 3.63) is 79.7 Å². The lowest BCUT2D eigenvalue weighted by Crippen LogP contribution is -2.37. The van der Waals surface area contributed by atoms with E-state index in [2.05, 4.69) is 25.2 Å². The van der Waals surface area contributed by atoms with E-state index in [1.807, 2.05) is 0 Å². The molecule has 0 spiro atoms. The number of aromatic nitrogens is 9. The summed E-state index contributed by atoms with van der Waals surface area (Å²) >= 11 is 0. The highest BCUT2D eigenvalue weighted by atomic mass is 32.2. The number of hydrogen-bond donors (Lipinski definition) is 0. The average Bonchev–Trinajstić information content (AvgIpc) is 3.56. The summed E-state index contributed by atoms with van der Waals surface area (Å²) in [5.74, 6) is -1.61. The van der Waals surface area contributed by atoms with Gasteiger partial charge in [-0.15, -0.1) is 5.10 Å². The molecule has 0 N–H and O–H groups in total. The van der Waals surface area contributed by atoms with Gasteiger partial charge in [0.25, 0.3) is 5.56 Å². The Morgan fingerprint density at radius 2 is 1.81 bits per heavy atom. The molecule has 0 amide bonds. The summed E-state index contributed by atoms with van der Waals surface area (Å²) in [6.45, 7) is -0.399. The summed E-state index contributed by atoms with van der Waals surface area (Å²) in [6.07, 6.45) is 2.69. The number of rotatable bonds is 7. The largest absolute Gasteiger partial charge is 0.437 e. The molecule has 5 aromatic heterocycles. The Kier molecular flexibility index (Phi) is 5.47. The first-order chi connectivity index (χ1) is 17.1. The zero-order valence-corrected chi connectivity index (χ0v) is 19.6. The van der Waals surface area contributed by atoms with Gasteiger partial charge in [0, 0.05) is 20.3 Å². The Hall–Kier alpha value is -4.67. The molecule has 0 bridgehead atoms. The standard InChI is InChI=1S/C19H17N9O7S/c1-25-16-15(17(29)26(2)18(25)30)27(10-21-16)7-13-23-28(19(31)34-13)8-12-22-11(24-35-12)9-36(32,33)14-5-3-4-6-20-14/h3-6,10H,7-9H2,1-2H3. The molecule has 5 rings (SSSR count). The predicted molar refractivity (Wildman–Crippen MR) is 119 cm³/mol. The van der Waals surface area contributed by atoms with Gasteiger partial charge in [0.15, 0.2) is 22.0 Å². The van der Waals surface area contributed by atoms with Crippen LogP contribution in [0.4, 0.5) is 0 Å². The molecule has 0 aliphatic rings. The van der Waals surface area contributed by atoms with Gasteiger partial charge < -0.3 is 13.5 Å². The third-order valence-corrected chi connectivity index (χ3v) is 6.76. The molecule has 186 valence electrons. The second-order valence-electron chi connectivity index (χ2n) is 7.70. The lowest BCUT2D eigenvalue weighted by atomic mass is 10.5. The number of nitrogens with zero attached hydrogens (tertiary/aromatic N) is 9. The predicted octanol–water partition coefficient (Wildman–Crippen LogP) is -1.57. The number of aryl methyl sites for hydroxylation is 1.